The summed E-state index contributed by atoms with van der Waals surface area (Å²) in [6, 6.07) is 8.38. The summed E-state index contributed by atoms with van der Waals surface area (Å²) in [6.45, 7) is 17.6. The summed E-state index contributed by atoms with van der Waals surface area (Å²) in [5, 5.41) is 1.43. The lowest BCUT2D eigenvalue weighted by atomic mass is 9.89. The van der Waals surface area contributed by atoms with Crippen molar-refractivity contribution in [1.29, 1.82) is 0 Å². The average molecular weight is 724 g/mol. The maximum absolute atomic E-state index is 14.3. The maximum atomic E-state index is 14.3. The molecule has 278 valence electrons. The van der Waals surface area contributed by atoms with Crippen LogP contribution >= 0.6 is 7.37 Å². The van der Waals surface area contributed by atoms with Gasteiger partial charge in [0.2, 0.25) is 7.37 Å². The Morgan fingerprint density at radius 3 is 1.80 bits per heavy atom. The number of amides is 1. The standard InChI is InChI=1S/C36H52F6NO5P/c1-11-34(43-30(44)48-31(2,3)4,24-47-49(45,32(5,6)7)33(8,9)10)21-20-26-16-19-29(28(23-26)36(40,41)42)46-22-12-13-25-14-17-27(18-15-25)35(37,38)39/h14-19,23H,11-13,20-22,24H2,1-10H3,(H,43,44)/t34-/m0/s1. The van der Waals surface area contributed by atoms with Gasteiger partial charge in [0.1, 0.15) is 11.4 Å². The van der Waals surface area contributed by atoms with E-state index in [4.69, 9.17) is 14.0 Å². The number of halogens is 6. The lowest BCUT2D eigenvalue weighted by molar-refractivity contribution is -0.139. The first-order valence-corrected chi connectivity index (χ1v) is 18.0. The number of nitrogens with one attached hydrogen (secondary N) is 1. The highest BCUT2D eigenvalue weighted by Gasteiger charge is 2.49. The van der Waals surface area contributed by atoms with Crippen LogP contribution in [0, 0.1) is 0 Å². The number of ether oxygens (including phenoxy) is 2. The van der Waals surface area contributed by atoms with Crippen LogP contribution in [0.5, 0.6) is 5.75 Å². The molecule has 13 heteroatoms. The van der Waals surface area contributed by atoms with Crippen molar-refractivity contribution in [3.63, 3.8) is 0 Å². The molecule has 0 unspecified atom stereocenters. The molecular weight excluding hydrogens is 671 g/mol. The lowest BCUT2D eigenvalue weighted by Gasteiger charge is -2.43. The van der Waals surface area contributed by atoms with Crippen LogP contribution < -0.4 is 10.1 Å². The van der Waals surface area contributed by atoms with Crippen LogP contribution in [0.15, 0.2) is 42.5 Å². The molecule has 2 aromatic rings. The number of benzene rings is 2. The SMILES string of the molecule is CC[C@](CCc1ccc(OCCCc2ccc(C(F)(F)F)cc2)c(C(F)(F)F)c1)(COP(=O)(C(C)(C)C)C(C)(C)C)NC(=O)OC(C)(C)C. The molecule has 0 aliphatic carbocycles. The molecule has 0 fully saturated rings. The minimum Gasteiger partial charge on any atom is -0.493 e. The van der Waals surface area contributed by atoms with E-state index in [1.54, 1.807) is 20.8 Å². The van der Waals surface area contributed by atoms with E-state index in [1.165, 1.54) is 24.3 Å². The van der Waals surface area contributed by atoms with Gasteiger partial charge in [-0.15, -0.1) is 0 Å². The Bertz CT molecular complexity index is 1420. The monoisotopic (exact) mass is 723 g/mol. The van der Waals surface area contributed by atoms with Crippen molar-refractivity contribution in [3.05, 3.63) is 64.7 Å². The van der Waals surface area contributed by atoms with Gasteiger partial charge in [0, 0.05) is 10.3 Å². The Morgan fingerprint density at radius 2 is 1.33 bits per heavy atom. The van der Waals surface area contributed by atoms with Gasteiger partial charge in [-0.25, -0.2) is 4.79 Å². The van der Waals surface area contributed by atoms with E-state index in [9.17, 15) is 35.7 Å². The maximum Gasteiger partial charge on any atom is 0.419 e. The third-order valence-electron chi connectivity index (χ3n) is 8.12. The second kappa shape index (κ2) is 15.7. The van der Waals surface area contributed by atoms with E-state index in [0.717, 1.165) is 18.2 Å². The number of rotatable bonds is 13. The van der Waals surface area contributed by atoms with Crippen LogP contribution in [-0.4, -0.2) is 40.8 Å². The summed E-state index contributed by atoms with van der Waals surface area (Å²) in [5.74, 6) is -0.364. The van der Waals surface area contributed by atoms with Crippen LogP contribution in [0.25, 0.3) is 0 Å². The Kier molecular flexibility index (Phi) is 13.6. The van der Waals surface area contributed by atoms with Gasteiger partial charge in [0.05, 0.1) is 29.9 Å². The summed E-state index contributed by atoms with van der Waals surface area (Å²) in [6.07, 6.45) is -8.73. The molecule has 2 aromatic carbocycles. The molecule has 0 aromatic heterocycles. The molecule has 6 nitrogen and oxygen atoms in total. The summed E-state index contributed by atoms with van der Waals surface area (Å²) >= 11 is 0. The van der Waals surface area contributed by atoms with E-state index in [-0.39, 0.29) is 38.2 Å². The highest BCUT2D eigenvalue weighted by atomic mass is 31.2. The molecule has 1 N–H and O–H groups in total. The molecule has 1 amide bonds. The molecule has 0 aliphatic rings. The molecule has 0 spiro atoms. The first-order valence-electron chi connectivity index (χ1n) is 16.4. The van der Waals surface area contributed by atoms with Crippen molar-refractivity contribution in [2.75, 3.05) is 13.2 Å². The van der Waals surface area contributed by atoms with Gasteiger partial charge in [0.25, 0.3) is 0 Å². The molecule has 0 saturated heterocycles. The van der Waals surface area contributed by atoms with Crippen LogP contribution in [0.1, 0.15) is 111 Å². The molecule has 0 saturated carbocycles. The van der Waals surface area contributed by atoms with E-state index in [2.05, 4.69) is 5.32 Å². The van der Waals surface area contributed by atoms with Gasteiger partial charge in [-0.05, 0) is 88.3 Å². The van der Waals surface area contributed by atoms with E-state index in [1.807, 2.05) is 48.5 Å². The highest BCUT2D eigenvalue weighted by molar-refractivity contribution is 7.62. The zero-order chi connectivity index (χ0) is 37.7. The summed E-state index contributed by atoms with van der Waals surface area (Å²) in [5.41, 5.74) is -2.74. The predicted octanol–water partition coefficient (Wildman–Crippen LogP) is 11.2. The third-order valence-corrected chi connectivity index (χ3v) is 12.1. The van der Waals surface area contributed by atoms with Crippen LogP contribution in [0.4, 0.5) is 31.1 Å². The van der Waals surface area contributed by atoms with E-state index >= 15 is 0 Å². The number of alkyl halides is 6. The molecule has 0 bridgehead atoms. The van der Waals surface area contributed by atoms with Crippen molar-refractivity contribution in [1.82, 2.24) is 5.32 Å². The van der Waals surface area contributed by atoms with Crippen molar-refractivity contribution in [2.45, 2.75) is 135 Å². The Balaban J connectivity index is 2.28. The minimum absolute atomic E-state index is 0.0822. The molecule has 0 heterocycles. The minimum atomic E-state index is -4.73. The summed E-state index contributed by atoms with van der Waals surface area (Å²) in [7, 11) is -3.36. The topological polar surface area (TPSA) is 73.9 Å². The molecule has 49 heavy (non-hydrogen) atoms. The number of carbonyl (C=O) groups is 1. The number of carbonyl (C=O) groups excluding carboxylic acids is 1. The van der Waals surface area contributed by atoms with Gasteiger partial charge < -0.3 is 19.3 Å². The van der Waals surface area contributed by atoms with Gasteiger partial charge in [-0.3, -0.25) is 4.57 Å². The first-order chi connectivity index (χ1) is 22.1. The third kappa shape index (κ3) is 12.2. The predicted molar refractivity (Wildman–Crippen MR) is 180 cm³/mol. The molecule has 0 aliphatic heterocycles. The Labute approximate surface area is 287 Å². The van der Waals surface area contributed by atoms with Crippen molar-refractivity contribution in [2.24, 2.45) is 0 Å². The van der Waals surface area contributed by atoms with E-state index < -0.39 is 58.4 Å². The molecule has 0 radical (unpaired) electrons. The van der Waals surface area contributed by atoms with Crippen molar-refractivity contribution < 1.29 is 49.7 Å². The normalized spacial score (nSPS) is 14.7. The van der Waals surface area contributed by atoms with Gasteiger partial charge in [-0.1, -0.05) is 66.7 Å². The van der Waals surface area contributed by atoms with Crippen molar-refractivity contribution >= 4 is 13.5 Å². The zero-order valence-corrected chi connectivity index (χ0v) is 31.1. The fourth-order valence-electron chi connectivity index (χ4n) is 5.45. The summed E-state index contributed by atoms with van der Waals surface area (Å²) < 4.78 is 113. The highest BCUT2D eigenvalue weighted by Crippen LogP contribution is 2.67. The van der Waals surface area contributed by atoms with Gasteiger partial charge in [-0.2, -0.15) is 26.3 Å². The van der Waals surface area contributed by atoms with Gasteiger partial charge >= 0.3 is 18.4 Å². The second-order valence-electron chi connectivity index (χ2n) is 15.4. The number of alkyl carbamates (subject to hydrolysis) is 1. The second-order valence-corrected chi connectivity index (χ2v) is 19.4. The molecular formula is C36H52F6NO5P. The fourth-order valence-corrected chi connectivity index (χ4v) is 8.66. The van der Waals surface area contributed by atoms with Crippen LogP contribution in [0.3, 0.4) is 0 Å². The Morgan fingerprint density at radius 1 is 0.776 bits per heavy atom. The van der Waals surface area contributed by atoms with Crippen LogP contribution in [0.2, 0.25) is 0 Å². The lowest BCUT2D eigenvalue weighted by Crippen LogP contribution is -2.53. The van der Waals surface area contributed by atoms with Crippen LogP contribution in [-0.2, 0) is 39.0 Å². The fraction of sp³-hybridized carbons (Fsp3) is 0.639. The number of hydrogen-bond acceptors (Lipinski definition) is 5. The number of hydrogen-bond donors (Lipinski definition) is 1. The summed E-state index contributed by atoms with van der Waals surface area (Å²) in [4.78, 5) is 13.0. The van der Waals surface area contributed by atoms with Gasteiger partial charge in [0.15, 0.2) is 0 Å². The quantitative estimate of drug-likeness (QED) is 0.127. The Hall–Kier alpha value is -2.72. The average Bonchev–Trinajstić information content (AvgIpc) is 2.94. The number of aryl methyl sites for hydroxylation is 2. The molecule has 1 atom stereocenters. The first kappa shape index (κ1) is 42.4. The largest absolute Gasteiger partial charge is 0.493 e. The smallest absolute Gasteiger partial charge is 0.419 e. The van der Waals surface area contributed by atoms with E-state index in [0.29, 0.717) is 24.0 Å². The van der Waals surface area contributed by atoms with Crippen molar-refractivity contribution in [3.8, 4) is 5.75 Å². The molecule has 2 rings (SSSR count). The zero-order valence-electron chi connectivity index (χ0n) is 30.2.